The maximum absolute atomic E-state index is 6.28. The van der Waals surface area contributed by atoms with Gasteiger partial charge >= 0.3 is 0 Å². The Kier molecular flexibility index (Phi) is 4.22. The number of rotatable bonds is 5. The topological polar surface area (TPSA) is 44.5 Å². The van der Waals surface area contributed by atoms with E-state index in [0.29, 0.717) is 12.0 Å². The van der Waals surface area contributed by atoms with Crippen LogP contribution in [0.5, 0.6) is 0 Å². The maximum Gasteiger partial charge on any atom is 0.0685 e. The van der Waals surface area contributed by atoms with Crippen molar-refractivity contribution in [1.82, 2.24) is 0 Å². The van der Waals surface area contributed by atoms with Crippen LogP contribution in [0.1, 0.15) is 44.9 Å². The van der Waals surface area contributed by atoms with Gasteiger partial charge in [-0.05, 0) is 50.9 Å². The van der Waals surface area contributed by atoms with Gasteiger partial charge in [-0.2, -0.15) is 0 Å². The van der Waals surface area contributed by atoms with Gasteiger partial charge < -0.3 is 15.2 Å². The minimum Gasteiger partial charge on any atom is -0.385 e. The van der Waals surface area contributed by atoms with E-state index in [1.165, 1.54) is 25.7 Å². The molecule has 1 aliphatic heterocycles. The second-order valence-electron chi connectivity index (χ2n) is 5.44. The highest BCUT2D eigenvalue weighted by molar-refractivity contribution is 4.95. The fraction of sp³-hybridized carbons (Fsp3) is 1.00. The SMILES string of the molecule is COCCCC(N)C1CCOC2(CCC2)C1. The van der Waals surface area contributed by atoms with Crippen LogP contribution >= 0.6 is 0 Å². The molecule has 1 spiro atoms. The van der Waals surface area contributed by atoms with Gasteiger partial charge in [-0.1, -0.05) is 0 Å². The first kappa shape index (κ1) is 12.3. The molecule has 2 rings (SSSR count). The summed E-state index contributed by atoms with van der Waals surface area (Å²) in [4.78, 5) is 0. The second kappa shape index (κ2) is 5.48. The van der Waals surface area contributed by atoms with Crippen molar-refractivity contribution in [2.45, 2.75) is 56.6 Å². The smallest absolute Gasteiger partial charge is 0.0685 e. The van der Waals surface area contributed by atoms with E-state index in [0.717, 1.165) is 32.5 Å². The van der Waals surface area contributed by atoms with Crippen molar-refractivity contribution in [1.29, 1.82) is 0 Å². The van der Waals surface area contributed by atoms with Crippen molar-refractivity contribution < 1.29 is 9.47 Å². The molecule has 1 saturated carbocycles. The Balaban J connectivity index is 1.75. The molecule has 1 heterocycles. The van der Waals surface area contributed by atoms with Crippen LogP contribution in [-0.4, -0.2) is 32.0 Å². The van der Waals surface area contributed by atoms with E-state index in [9.17, 15) is 0 Å². The van der Waals surface area contributed by atoms with Crippen LogP contribution in [0, 0.1) is 5.92 Å². The average Bonchev–Trinajstić information content (AvgIpc) is 2.27. The quantitative estimate of drug-likeness (QED) is 0.731. The van der Waals surface area contributed by atoms with Gasteiger partial charge in [-0.3, -0.25) is 0 Å². The highest BCUT2D eigenvalue weighted by atomic mass is 16.5. The molecule has 2 aliphatic rings. The molecule has 0 amide bonds. The van der Waals surface area contributed by atoms with Gasteiger partial charge in [0, 0.05) is 26.4 Å². The van der Waals surface area contributed by atoms with E-state index in [2.05, 4.69) is 0 Å². The van der Waals surface area contributed by atoms with Gasteiger partial charge in [0.2, 0.25) is 0 Å². The summed E-state index contributed by atoms with van der Waals surface area (Å²) in [6.07, 6.45) is 8.38. The summed E-state index contributed by atoms with van der Waals surface area (Å²) in [5.74, 6) is 0.672. The molecular formula is C13H25NO2. The van der Waals surface area contributed by atoms with Crippen LogP contribution in [0.15, 0.2) is 0 Å². The average molecular weight is 227 g/mol. The number of methoxy groups -OCH3 is 1. The molecular weight excluding hydrogens is 202 g/mol. The standard InChI is InChI=1S/C13H25NO2/c1-15-8-2-4-12(14)11-5-9-16-13(10-11)6-3-7-13/h11-12H,2-10,14H2,1H3. The predicted octanol–water partition coefficient (Wildman–Crippen LogP) is 2.09. The largest absolute Gasteiger partial charge is 0.385 e. The van der Waals surface area contributed by atoms with Crippen LogP contribution in [0.25, 0.3) is 0 Å². The molecule has 2 unspecified atom stereocenters. The molecule has 0 radical (unpaired) electrons. The van der Waals surface area contributed by atoms with Gasteiger partial charge in [0.15, 0.2) is 0 Å². The first-order chi connectivity index (χ1) is 7.76. The molecule has 0 aromatic heterocycles. The summed E-state index contributed by atoms with van der Waals surface area (Å²) < 4.78 is 11.0. The lowest BCUT2D eigenvalue weighted by atomic mass is 9.70. The molecule has 2 atom stereocenters. The number of nitrogens with two attached hydrogens (primary N) is 1. The number of ether oxygens (including phenoxy) is 2. The number of hydrogen-bond donors (Lipinski definition) is 1. The van der Waals surface area contributed by atoms with Crippen LogP contribution in [0.4, 0.5) is 0 Å². The molecule has 0 bridgehead atoms. The summed E-state index contributed by atoms with van der Waals surface area (Å²) in [5, 5.41) is 0. The molecule has 2 fully saturated rings. The lowest BCUT2D eigenvalue weighted by Crippen LogP contribution is -2.49. The summed E-state index contributed by atoms with van der Waals surface area (Å²) in [5.41, 5.74) is 6.52. The first-order valence-corrected chi connectivity index (χ1v) is 6.64. The normalized spacial score (nSPS) is 30.0. The first-order valence-electron chi connectivity index (χ1n) is 6.64. The molecule has 3 heteroatoms. The van der Waals surface area contributed by atoms with Gasteiger partial charge in [-0.25, -0.2) is 0 Å². The molecule has 94 valence electrons. The predicted molar refractivity (Wildman–Crippen MR) is 64.3 cm³/mol. The second-order valence-corrected chi connectivity index (χ2v) is 5.44. The summed E-state index contributed by atoms with van der Waals surface area (Å²) >= 11 is 0. The van der Waals surface area contributed by atoms with E-state index in [1.54, 1.807) is 7.11 Å². The highest BCUT2D eigenvalue weighted by Crippen LogP contribution is 2.45. The lowest BCUT2D eigenvalue weighted by Gasteiger charge is -2.48. The summed E-state index contributed by atoms with van der Waals surface area (Å²) in [7, 11) is 1.75. The third-order valence-corrected chi connectivity index (χ3v) is 4.29. The number of hydrogen-bond acceptors (Lipinski definition) is 3. The van der Waals surface area contributed by atoms with Gasteiger partial charge in [-0.15, -0.1) is 0 Å². The Morgan fingerprint density at radius 2 is 2.31 bits per heavy atom. The maximum atomic E-state index is 6.28. The zero-order chi connectivity index (χ0) is 11.4. The fourth-order valence-corrected chi connectivity index (χ4v) is 3.05. The van der Waals surface area contributed by atoms with E-state index in [4.69, 9.17) is 15.2 Å². The van der Waals surface area contributed by atoms with Crippen LogP contribution < -0.4 is 5.73 Å². The minimum absolute atomic E-state index is 0.238. The van der Waals surface area contributed by atoms with E-state index < -0.39 is 0 Å². The van der Waals surface area contributed by atoms with Crippen molar-refractivity contribution in [3.63, 3.8) is 0 Å². The Morgan fingerprint density at radius 1 is 1.50 bits per heavy atom. The van der Waals surface area contributed by atoms with Crippen molar-refractivity contribution in [2.75, 3.05) is 20.3 Å². The minimum atomic E-state index is 0.238. The summed E-state index contributed by atoms with van der Waals surface area (Å²) in [6, 6.07) is 0.344. The Labute approximate surface area is 98.7 Å². The molecule has 3 nitrogen and oxygen atoms in total. The Bertz CT molecular complexity index is 216. The van der Waals surface area contributed by atoms with Gasteiger partial charge in [0.1, 0.15) is 0 Å². The van der Waals surface area contributed by atoms with Gasteiger partial charge in [0.25, 0.3) is 0 Å². The zero-order valence-electron chi connectivity index (χ0n) is 10.4. The van der Waals surface area contributed by atoms with E-state index in [1.807, 2.05) is 0 Å². The van der Waals surface area contributed by atoms with Crippen LogP contribution in [-0.2, 0) is 9.47 Å². The van der Waals surface area contributed by atoms with Crippen LogP contribution in [0.3, 0.4) is 0 Å². The van der Waals surface area contributed by atoms with E-state index in [-0.39, 0.29) is 5.60 Å². The van der Waals surface area contributed by atoms with Gasteiger partial charge in [0.05, 0.1) is 5.60 Å². The lowest BCUT2D eigenvalue weighted by molar-refractivity contribution is -0.146. The van der Waals surface area contributed by atoms with Crippen molar-refractivity contribution in [3.8, 4) is 0 Å². The highest BCUT2D eigenvalue weighted by Gasteiger charge is 2.43. The molecule has 1 aliphatic carbocycles. The van der Waals surface area contributed by atoms with Crippen LogP contribution in [0.2, 0.25) is 0 Å². The van der Waals surface area contributed by atoms with Crippen molar-refractivity contribution in [2.24, 2.45) is 11.7 Å². The van der Waals surface area contributed by atoms with Crippen molar-refractivity contribution in [3.05, 3.63) is 0 Å². The van der Waals surface area contributed by atoms with E-state index >= 15 is 0 Å². The fourth-order valence-electron chi connectivity index (χ4n) is 3.05. The third kappa shape index (κ3) is 2.76. The molecule has 16 heavy (non-hydrogen) atoms. The Morgan fingerprint density at radius 3 is 2.94 bits per heavy atom. The molecule has 0 aromatic rings. The monoisotopic (exact) mass is 227 g/mol. The summed E-state index contributed by atoms with van der Waals surface area (Å²) in [6.45, 7) is 1.75. The molecule has 2 N–H and O–H groups in total. The molecule has 0 aromatic carbocycles. The zero-order valence-corrected chi connectivity index (χ0v) is 10.4. The Hall–Kier alpha value is -0.120. The molecule has 1 saturated heterocycles. The third-order valence-electron chi connectivity index (χ3n) is 4.29. The van der Waals surface area contributed by atoms with Crippen molar-refractivity contribution >= 4 is 0 Å².